The molecule has 24 nitrogen and oxygen atoms in total. The molecule has 57 heavy (non-hydrogen) atoms. The summed E-state index contributed by atoms with van der Waals surface area (Å²) >= 11 is 0. The number of rotatable bonds is 16. The smallest absolute Gasteiger partial charge is 0.469 e. The summed E-state index contributed by atoms with van der Waals surface area (Å²) in [4.78, 5) is 108. The number of nitrogens with two attached hydrogens (primary N) is 2. The third kappa shape index (κ3) is 10.1. The normalized spacial score (nSPS) is 18.7. The number of imidazole rings is 1. The average Bonchev–Trinajstić information content (AvgIpc) is 3.69. The molecule has 0 saturated carbocycles. The Morgan fingerprint density at radius 3 is 2.40 bits per heavy atom. The molecule has 3 amide bonds. The fourth-order valence-electron chi connectivity index (χ4n) is 5.62. The lowest BCUT2D eigenvalue weighted by atomic mass is 10.1. The van der Waals surface area contributed by atoms with Gasteiger partial charge in [-0.2, -0.15) is 0 Å². The minimum Gasteiger partial charge on any atom is -0.481 e. The van der Waals surface area contributed by atoms with E-state index >= 15 is 0 Å². The number of benzene rings is 1. The molecule has 0 bridgehead atoms. The molecule has 0 spiro atoms. The van der Waals surface area contributed by atoms with Crippen molar-refractivity contribution in [2.45, 2.75) is 50.0 Å². The number of primary amides is 1. The number of carbonyl (C=O) groups is 5. The Morgan fingerprint density at radius 1 is 1.07 bits per heavy atom. The minimum atomic E-state index is -4.99. The van der Waals surface area contributed by atoms with Gasteiger partial charge in [0.1, 0.15) is 24.4 Å². The highest BCUT2D eigenvalue weighted by Crippen LogP contribution is 2.39. The maximum Gasteiger partial charge on any atom is 0.469 e. The summed E-state index contributed by atoms with van der Waals surface area (Å²) in [5.74, 6) is -5.62. The number of aromatic amines is 1. The predicted octanol–water partition coefficient (Wildman–Crippen LogP) is -1.78. The van der Waals surface area contributed by atoms with Gasteiger partial charge in [-0.05, 0) is 48.9 Å². The number of hydrogen-bond acceptors (Lipinski definition) is 15. The first-order valence-electron chi connectivity index (χ1n) is 16.4. The molecule has 0 radical (unpaired) electrons. The van der Waals surface area contributed by atoms with Gasteiger partial charge in [0.05, 0.1) is 36.4 Å². The van der Waals surface area contributed by atoms with Gasteiger partial charge in [-0.25, -0.2) is 24.3 Å². The van der Waals surface area contributed by atoms with Crippen LogP contribution in [0.1, 0.15) is 51.3 Å². The van der Waals surface area contributed by atoms with E-state index in [1.54, 1.807) is 0 Å². The zero-order valence-electron chi connectivity index (χ0n) is 29.1. The first-order valence-corrected chi connectivity index (χ1v) is 17.9. The number of anilines is 2. The Balaban J connectivity index is 1.48. The molecule has 4 aromatic rings. The molecule has 5 unspecified atom stereocenters. The zero-order chi connectivity index (χ0) is 41.8. The number of nitrogen functional groups attached to an aromatic ring is 1. The molecule has 1 aliphatic rings. The number of nitrogens with one attached hydrogen (secondary N) is 2. The van der Waals surface area contributed by atoms with Crippen molar-refractivity contribution in [3.63, 3.8) is 0 Å². The van der Waals surface area contributed by atoms with E-state index in [0.29, 0.717) is 0 Å². The number of phosphoric acid groups is 1. The summed E-state index contributed by atoms with van der Waals surface area (Å²) in [6, 6.07) is 6.55. The fraction of sp³-hybridized carbons (Fsp3) is 0.281. The Kier molecular flexibility index (Phi) is 12.6. The number of amides is 3. The number of phosphoric ester groups is 1. The number of carbonyl (C=O) groups excluding carboxylic acids is 3. The van der Waals surface area contributed by atoms with E-state index in [4.69, 9.17) is 31.1 Å². The van der Waals surface area contributed by atoms with Crippen LogP contribution in [0.4, 0.5) is 11.6 Å². The van der Waals surface area contributed by atoms with Crippen molar-refractivity contribution in [3.05, 3.63) is 81.8 Å². The van der Waals surface area contributed by atoms with Crippen molar-refractivity contribution in [1.82, 2.24) is 29.8 Å². The van der Waals surface area contributed by atoms with Gasteiger partial charge in [0.25, 0.3) is 23.3 Å². The Labute approximate surface area is 318 Å². The molecule has 1 saturated heterocycles. The van der Waals surface area contributed by atoms with E-state index in [1.165, 1.54) is 36.4 Å². The monoisotopic (exact) mass is 815 g/mol. The van der Waals surface area contributed by atoms with E-state index in [2.05, 4.69) is 29.8 Å². The van der Waals surface area contributed by atoms with Crippen LogP contribution in [0.3, 0.4) is 0 Å². The average molecular weight is 816 g/mol. The lowest BCUT2D eigenvalue weighted by molar-refractivity contribution is -0.140. The second-order valence-corrected chi connectivity index (χ2v) is 13.5. The summed E-state index contributed by atoms with van der Waals surface area (Å²) in [7, 11) is -4.99. The number of aliphatic carboxylic acids is 2. The number of carboxylic acids is 2. The number of pyridine rings is 1. The number of H-pyrrole nitrogens is 1. The van der Waals surface area contributed by atoms with Gasteiger partial charge < -0.3 is 61.2 Å². The van der Waals surface area contributed by atoms with Crippen LogP contribution < -0.4 is 27.2 Å². The van der Waals surface area contributed by atoms with Gasteiger partial charge in [0.15, 0.2) is 17.4 Å². The standard InChI is InChI=1S/C32H34N9O15P/c33-27(47)24-19(41(13-35-24)30-26(46)25(45)20(56-30)12-55-57(52,53)54)8-9-21(42)40(11-15-3-6-17-23(36-15)29(49)39-32(34)38-17)16-4-1-14(2-5-16)28(48)37-18(31(50)51)7-10-22(43)44/h1-6,8-9,13,18,20,25-26,30,45-46H,7,10-12H2,(H2,33,47)(H,37,48)(H,43,44)(H,50,51)(H2,52,53,54)(H3,34,38,39,49)/b9-8+. The van der Waals surface area contributed by atoms with Gasteiger partial charge in [-0.15, -0.1) is 0 Å². The van der Waals surface area contributed by atoms with Crippen molar-refractivity contribution >= 4 is 66.2 Å². The number of ether oxygens (including phenoxy) is 1. The molecule has 4 heterocycles. The summed E-state index contributed by atoms with van der Waals surface area (Å²) in [5, 5.41) is 41.8. The van der Waals surface area contributed by atoms with Crippen LogP contribution in [0.2, 0.25) is 0 Å². The number of carboxylic acid groups (broad SMARTS) is 2. The first-order chi connectivity index (χ1) is 26.8. The Bertz CT molecular complexity index is 2340. The highest BCUT2D eigenvalue weighted by Gasteiger charge is 2.45. The van der Waals surface area contributed by atoms with Crippen LogP contribution in [0.5, 0.6) is 0 Å². The lowest BCUT2D eigenvalue weighted by Crippen LogP contribution is -2.41. The summed E-state index contributed by atoms with van der Waals surface area (Å²) in [6.45, 7) is -1.16. The van der Waals surface area contributed by atoms with Crippen LogP contribution in [0.15, 0.2) is 53.6 Å². The van der Waals surface area contributed by atoms with E-state index < -0.39 is 92.3 Å². The largest absolute Gasteiger partial charge is 0.481 e. The van der Waals surface area contributed by atoms with Crippen molar-refractivity contribution in [1.29, 1.82) is 0 Å². The quantitative estimate of drug-likeness (QED) is 0.0441. The Morgan fingerprint density at radius 2 is 1.77 bits per heavy atom. The minimum absolute atomic E-state index is 0.0564. The maximum atomic E-state index is 14.0. The molecule has 0 aliphatic carbocycles. The molecular weight excluding hydrogens is 781 g/mol. The van der Waals surface area contributed by atoms with Gasteiger partial charge in [0.2, 0.25) is 5.95 Å². The second-order valence-electron chi connectivity index (χ2n) is 12.3. The third-order valence-electron chi connectivity index (χ3n) is 8.37. The van der Waals surface area contributed by atoms with Gasteiger partial charge in [-0.1, -0.05) is 0 Å². The van der Waals surface area contributed by atoms with Crippen molar-refractivity contribution in [3.8, 4) is 0 Å². The predicted molar refractivity (Wildman–Crippen MR) is 192 cm³/mol. The molecule has 302 valence electrons. The summed E-state index contributed by atoms with van der Waals surface area (Å²) in [6.07, 6.45) is -4.32. The Hall–Kier alpha value is -6.40. The number of aliphatic hydroxyl groups is 2. The summed E-state index contributed by atoms with van der Waals surface area (Å²) in [5.41, 5.74) is 10.1. The number of fused-ring (bicyclic) bond motifs is 1. The molecule has 1 aliphatic heterocycles. The second kappa shape index (κ2) is 17.2. The van der Waals surface area contributed by atoms with Crippen molar-refractivity contribution in [2.24, 2.45) is 5.73 Å². The maximum absolute atomic E-state index is 14.0. The van der Waals surface area contributed by atoms with E-state index in [0.717, 1.165) is 27.9 Å². The SMILES string of the molecule is NC(=O)c1ncn(C2OC(COP(=O)(O)O)C(O)C2O)c1/C=C/C(=O)N(Cc1ccc2nc(N)[nH]c(=O)c2n1)c1ccc(C(=O)NC(CCC(=O)O)C(=O)O)cc1. The number of hydrogen-bond donors (Lipinski definition) is 10. The lowest BCUT2D eigenvalue weighted by Gasteiger charge is -2.22. The first kappa shape index (κ1) is 41.8. The van der Waals surface area contributed by atoms with Crippen LogP contribution >= 0.6 is 7.82 Å². The van der Waals surface area contributed by atoms with Crippen LogP contribution in [0.25, 0.3) is 17.1 Å². The van der Waals surface area contributed by atoms with Crippen LogP contribution in [0, 0.1) is 0 Å². The molecule has 25 heteroatoms. The highest BCUT2D eigenvalue weighted by atomic mass is 31.2. The summed E-state index contributed by atoms with van der Waals surface area (Å²) < 4.78 is 22.2. The van der Waals surface area contributed by atoms with Crippen LogP contribution in [-0.4, -0.2) is 115 Å². The number of aromatic nitrogens is 5. The molecule has 5 rings (SSSR count). The van der Waals surface area contributed by atoms with Gasteiger partial charge >= 0.3 is 19.8 Å². The van der Waals surface area contributed by atoms with Crippen molar-refractivity contribution < 1.29 is 68.0 Å². The van der Waals surface area contributed by atoms with Crippen molar-refractivity contribution in [2.75, 3.05) is 17.2 Å². The number of nitrogens with zero attached hydrogens (tertiary/aromatic N) is 5. The third-order valence-corrected chi connectivity index (χ3v) is 8.86. The molecule has 1 aromatic carbocycles. The molecular formula is C32H34N9O15P. The molecule has 12 N–H and O–H groups in total. The fourth-order valence-corrected chi connectivity index (χ4v) is 5.97. The molecule has 3 aromatic heterocycles. The van der Waals surface area contributed by atoms with E-state index in [-0.39, 0.29) is 52.6 Å². The highest BCUT2D eigenvalue weighted by molar-refractivity contribution is 7.46. The van der Waals surface area contributed by atoms with Gasteiger partial charge in [-0.3, -0.25) is 33.5 Å². The number of aliphatic hydroxyl groups excluding tert-OH is 2. The van der Waals surface area contributed by atoms with E-state index in [9.17, 15) is 48.7 Å². The van der Waals surface area contributed by atoms with Crippen LogP contribution in [-0.2, 0) is 34.8 Å². The molecule has 5 atom stereocenters. The topological polar surface area (TPSA) is 386 Å². The van der Waals surface area contributed by atoms with Gasteiger partial charge in [0, 0.05) is 23.7 Å². The molecule has 1 fully saturated rings. The zero-order valence-corrected chi connectivity index (χ0v) is 30.0. The van der Waals surface area contributed by atoms with E-state index in [1.807, 2.05) is 0 Å².